The number of benzene rings is 2. The Morgan fingerprint density at radius 1 is 1.12 bits per heavy atom. The summed E-state index contributed by atoms with van der Waals surface area (Å²) in [6, 6.07) is 14.4. The van der Waals surface area contributed by atoms with E-state index in [1.807, 2.05) is 18.2 Å². The van der Waals surface area contributed by atoms with Crippen LogP contribution in [0.3, 0.4) is 0 Å². The Kier molecular flexibility index (Phi) is 4.55. The highest BCUT2D eigenvalue weighted by Crippen LogP contribution is 2.31. The van der Waals surface area contributed by atoms with Crippen LogP contribution in [-0.4, -0.2) is 27.9 Å². The first-order valence-corrected chi connectivity index (χ1v) is 9.19. The summed E-state index contributed by atoms with van der Waals surface area (Å²) < 4.78 is 27.9. The molecule has 0 unspecified atom stereocenters. The molecule has 0 radical (unpaired) electrons. The van der Waals surface area contributed by atoms with Gasteiger partial charge in [-0.1, -0.05) is 18.2 Å². The summed E-state index contributed by atoms with van der Waals surface area (Å²) in [4.78, 5) is 14.5. The first-order chi connectivity index (χ1) is 11.5. The average Bonchev–Trinajstić information content (AvgIpc) is 2.61. The third-order valence-electron chi connectivity index (χ3n) is 3.98. The maximum absolute atomic E-state index is 12.7. The highest BCUT2D eigenvalue weighted by molar-refractivity contribution is 7.90. The van der Waals surface area contributed by atoms with Crippen molar-refractivity contribution in [3.05, 3.63) is 59.7 Å². The average molecular weight is 345 g/mol. The summed E-state index contributed by atoms with van der Waals surface area (Å²) >= 11 is 0. The number of hydrogen-bond donors (Lipinski definition) is 2. The number of amides is 1. The van der Waals surface area contributed by atoms with Crippen LogP contribution >= 0.6 is 0 Å². The van der Waals surface area contributed by atoms with Crippen molar-refractivity contribution in [2.75, 3.05) is 23.2 Å². The molecule has 0 bridgehead atoms. The molecule has 3 rings (SSSR count). The van der Waals surface area contributed by atoms with Gasteiger partial charge in [0.05, 0.1) is 5.69 Å². The fourth-order valence-corrected chi connectivity index (χ4v) is 3.35. The minimum Gasteiger partial charge on any atom is -0.308 e. The molecular weight excluding hydrogens is 326 g/mol. The molecule has 0 fully saturated rings. The van der Waals surface area contributed by atoms with Crippen molar-refractivity contribution in [1.82, 2.24) is 4.72 Å². The van der Waals surface area contributed by atoms with Gasteiger partial charge in [0.1, 0.15) is 0 Å². The monoisotopic (exact) mass is 345 g/mol. The van der Waals surface area contributed by atoms with Crippen LogP contribution in [0.5, 0.6) is 0 Å². The molecule has 1 aliphatic rings. The van der Waals surface area contributed by atoms with Gasteiger partial charge in [-0.3, -0.25) is 9.52 Å². The summed E-state index contributed by atoms with van der Waals surface area (Å²) in [5.74, 6) is -0.0416. The van der Waals surface area contributed by atoms with Crippen LogP contribution in [0.15, 0.2) is 48.5 Å². The molecule has 2 N–H and O–H groups in total. The maximum Gasteiger partial charge on any atom is 0.298 e. The summed E-state index contributed by atoms with van der Waals surface area (Å²) in [7, 11) is -2.20. The second-order valence-corrected chi connectivity index (χ2v) is 7.20. The van der Waals surface area contributed by atoms with E-state index in [-0.39, 0.29) is 5.91 Å². The summed E-state index contributed by atoms with van der Waals surface area (Å²) in [6.07, 6.45) is 1.65. The van der Waals surface area contributed by atoms with Gasteiger partial charge in [0, 0.05) is 24.8 Å². The molecule has 1 aliphatic heterocycles. The Bertz CT molecular complexity index is 851. The third kappa shape index (κ3) is 3.42. The smallest absolute Gasteiger partial charge is 0.298 e. The first-order valence-electron chi connectivity index (χ1n) is 7.71. The minimum absolute atomic E-state index is 0.0416. The van der Waals surface area contributed by atoms with Crippen LogP contribution in [0.4, 0.5) is 11.4 Å². The fourth-order valence-electron chi connectivity index (χ4n) is 2.81. The van der Waals surface area contributed by atoms with Gasteiger partial charge < -0.3 is 4.90 Å². The second-order valence-electron chi connectivity index (χ2n) is 5.58. The molecule has 0 spiro atoms. The summed E-state index contributed by atoms with van der Waals surface area (Å²) in [5.41, 5.74) is 2.92. The highest BCUT2D eigenvalue weighted by atomic mass is 32.2. The molecular formula is C17H19N3O3S. The van der Waals surface area contributed by atoms with Crippen molar-refractivity contribution >= 4 is 27.5 Å². The zero-order chi connectivity index (χ0) is 17.2. The molecule has 1 amide bonds. The molecule has 0 atom stereocenters. The Labute approximate surface area is 141 Å². The van der Waals surface area contributed by atoms with Crippen LogP contribution in [0.1, 0.15) is 22.3 Å². The summed E-state index contributed by atoms with van der Waals surface area (Å²) in [5, 5.41) is 0. The second kappa shape index (κ2) is 6.62. The van der Waals surface area contributed by atoms with Crippen LogP contribution in [0.25, 0.3) is 0 Å². The van der Waals surface area contributed by atoms with Crippen molar-refractivity contribution in [3.8, 4) is 0 Å². The van der Waals surface area contributed by atoms with E-state index in [2.05, 4.69) is 9.44 Å². The van der Waals surface area contributed by atoms with Crippen molar-refractivity contribution in [1.29, 1.82) is 0 Å². The van der Waals surface area contributed by atoms with E-state index in [9.17, 15) is 13.2 Å². The molecule has 24 heavy (non-hydrogen) atoms. The number of rotatable bonds is 4. The lowest BCUT2D eigenvalue weighted by Crippen LogP contribution is -2.35. The Balaban J connectivity index is 1.90. The van der Waals surface area contributed by atoms with E-state index in [0.717, 1.165) is 24.1 Å². The SMILES string of the molecule is CNS(=O)(=O)Nc1ccc2c(c1)CCCN2C(=O)c1ccccc1. The Morgan fingerprint density at radius 2 is 1.88 bits per heavy atom. The predicted molar refractivity (Wildman–Crippen MR) is 94.5 cm³/mol. The number of aryl methyl sites for hydroxylation is 1. The summed E-state index contributed by atoms with van der Waals surface area (Å²) in [6.45, 7) is 0.655. The molecule has 0 saturated carbocycles. The lowest BCUT2D eigenvalue weighted by Gasteiger charge is -2.30. The van der Waals surface area contributed by atoms with Gasteiger partial charge in [0.15, 0.2) is 0 Å². The van der Waals surface area contributed by atoms with Crippen LogP contribution in [0.2, 0.25) is 0 Å². The number of carbonyl (C=O) groups excluding carboxylic acids is 1. The van der Waals surface area contributed by atoms with E-state index in [1.54, 1.807) is 35.2 Å². The number of carbonyl (C=O) groups is 1. The molecule has 0 aliphatic carbocycles. The van der Waals surface area contributed by atoms with E-state index in [0.29, 0.717) is 17.8 Å². The Morgan fingerprint density at radius 3 is 2.58 bits per heavy atom. The van der Waals surface area contributed by atoms with E-state index in [4.69, 9.17) is 0 Å². The van der Waals surface area contributed by atoms with Gasteiger partial charge in [0.2, 0.25) is 0 Å². The lowest BCUT2D eigenvalue weighted by molar-refractivity contribution is 0.0985. The van der Waals surface area contributed by atoms with Crippen molar-refractivity contribution < 1.29 is 13.2 Å². The molecule has 2 aromatic carbocycles. The maximum atomic E-state index is 12.7. The molecule has 7 heteroatoms. The van der Waals surface area contributed by atoms with Crippen molar-refractivity contribution in [3.63, 3.8) is 0 Å². The third-order valence-corrected chi connectivity index (χ3v) is 5.03. The minimum atomic E-state index is -3.55. The van der Waals surface area contributed by atoms with Gasteiger partial charge >= 0.3 is 0 Å². The van der Waals surface area contributed by atoms with E-state index < -0.39 is 10.2 Å². The van der Waals surface area contributed by atoms with Crippen LogP contribution in [-0.2, 0) is 16.6 Å². The number of hydrogen-bond acceptors (Lipinski definition) is 3. The fraction of sp³-hybridized carbons (Fsp3) is 0.235. The van der Waals surface area contributed by atoms with Gasteiger partial charge in [0.25, 0.3) is 16.1 Å². The highest BCUT2D eigenvalue weighted by Gasteiger charge is 2.24. The normalized spacial score (nSPS) is 14.1. The quantitative estimate of drug-likeness (QED) is 0.891. The van der Waals surface area contributed by atoms with Gasteiger partial charge in [-0.25, -0.2) is 4.72 Å². The van der Waals surface area contributed by atoms with Crippen molar-refractivity contribution in [2.45, 2.75) is 12.8 Å². The van der Waals surface area contributed by atoms with Crippen LogP contribution < -0.4 is 14.3 Å². The molecule has 126 valence electrons. The standard InChI is InChI=1S/C17H19N3O3S/c1-18-24(22,23)19-15-9-10-16-14(12-15)8-5-11-20(16)17(21)13-6-3-2-4-7-13/h2-4,6-7,9-10,12,18-19H,5,8,11H2,1H3. The molecule has 0 saturated heterocycles. The van der Waals surface area contributed by atoms with E-state index >= 15 is 0 Å². The lowest BCUT2D eigenvalue weighted by atomic mass is 10.00. The Hall–Kier alpha value is -2.38. The molecule has 2 aromatic rings. The van der Waals surface area contributed by atoms with Gasteiger partial charge in [-0.15, -0.1) is 0 Å². The number of fused-ring (bicyclic) bond motifs is 1. The zero-order valence-electron chi connectivity index (χ0n) is 13.3. The van der Waals surface area contributed by atoms with Crippen LogP contribution in [0, 0.1) is 0 Å². The molecule has 0 aromatic heterocycles. The van der Waals surface area contributed by atoms with Crippen molar-refractivity contribution in [2.24, 2.45) is 0 Å². The van der Waals surface area contributed by atoms with E-state index in [1.165, 1.54) is 7.05 Å². The first kappa shape index (κ1) is 16.5. The molecule has 6 nitrogen and oxygen atoms in total. The predicted octanol–water partition coefficient (Wildman–Crippen LogP) is 2.16. The topological polar surface area (TPSA) is 78.5 Å². The zero-order valence-corrected chi connectivity index (χ0v) is 14.1. The number of nitrogens with one attached hydrogen (secondary N) is 2. The number of anilines is 2. The molecule has 1 heterocycles. The van der Waals surface area contributed by atoms with Gasteiger partial charge in [-0.2, -0.15) is 8.42 Å². The largest absolute Gasteiger partial charge is 0.308 e. The number of nitrogens with zero attached hydrogens (tertiary/aromatic N) is 1. The van der Waals surface area contributed by atoms with Gasteiger partial charge in [-0.05, 0) is 48.7 Å².